The summed E-state index contributed by atoms with van der Waals surface area (Å²) in [5, 5.41) is 3.36. The number of nitrogens with zero attached hydrogens (tertiary/aromatic N) is 1. The van der Waals surface area contributed by atoms with E-state index in [0.717, 1.165) is 29.2 Å². The normalized spacial score (nSPS) is 10.7. The average Bonchev–Trinajstić information content (AvgIpc) is 2.45. The number of aryl methyl sites for hydroxylation is 1. The Labute approximate surface area is 126 Å². The van der Waals surface area contributed by atoms with Crippen molar-refractivity contribution in [3.63, 3.8) is 0 Å². The molecule has 1 aromatic carbocycles. The predicted molar refractivity (Wildman–Crippen MR) is 88.0 cm³/mol. The van der Waals surface area contributed by atoms with Crippen LogP contribution < -0.4 is 15.8 Å². The minimum absolute atomic E-state index is 0.510. The molecule has 0 amide bonds. The second-order valence-electron chi connectivity index (χ2n) is 5.61. The number of nitrogens with one attached hydrogen (secondary N) is 1. The number of anilines is 2. The number of hydrogen-bond acceptors (Lipinski definition) is 4. The quantitative estimate of drug-likeness (QED) is 0.866. The van der Waals surface area contributed by atoms with E-state index >= 15 is 0 Å². The molecule has 21 heavy (non-hydrogen) atoms. The summed E-state index contributed by atoms with van der Waals surface area (Å²) < 4.78 is 5.90. The van der Waals surface area contributed by atoms with Crippen LogP contribution in [0.4, 0.5) is 11.4 Å². The van der Waals surface area contributed by atoms with Crippen LogP contribution in [-0.4, -0.2) is 11.5 Å². The van der Waals surface area contributed by atoms with Gasteiger partial charge in [-0.3, -0.25) is 0 Å². The van der Waals surface area contributed by atoms with Gasteiger partial charge in [-0.25, -0.2) is 4.98 Å². The number of ether oxygens (including phenoxy) is 1. The summed E-state index contributed by atoms with van der Waals surface area (Å²) >= 11 is 0. The number of aromatic nitrogens is 1. The standard InChI is InChI=1S/C17H23N3O/c1-11(2)10-19-16-15(18)12(3)13(4)20-17(16)21-14-8-6-5-7-9-14/h5-9,11,19H,10H2,1-4H3,(H2,18,20). The van der Waals surface area contributed by atoms with Crippen LogP contribution in [0.3, 0.4) is 0 Å². The fraction of sp³-hybridized carbons (Fsp3) is 0.353. The van der Waals surface area contributed by atoms with E-state index in [9.17, 15) is 0 Å². The molecule has 0 fully saturated rings. The number of para-hydroxylation sites is 1. The highest BCUT2D eigenvalue weighted by atomic mass is 16.5. The third kappa shape index (κ3) is 3.66. The van der Waals surface area contributed by atoms with Gasteiger partial charge in [0, 0.05) is 12.2 Å². The molecule has 0 saturated heterocycles. The van der Waals surface area contributed by atoms with E-state index in [1.54, 1.807) is 0 Å². The van der Waals surface area contributed by atoms with Crippen molar-refractivity contribution in [2.24, 2.45) is 5.92 Å². The molecular weight excluding hydrogens is 262 g/mol. The van der Waals surface area contributed by atoms with Crippen molar-refractivity contribution in [2.75, 3.05) is 17.6 Å². The average molecular weight is 285 g/mol. The van der Waals surface area contributed by atoms with Crippen LogP contribution in [0.1, 0.15) is 25.1 Å². The van der Waals surface area contributed by atoms with E-state index in [-0.39, 0.29) is 0 Å². The number of nitrogens with two attached hydrogens (primary N) is 1. The largest absolute Gasteiger partial charge is 0.437 e. The molecule has 0 saturated carbocycles. The molecule has 1 heterocycles. The maximum absolute atomic E-state index is 6.24. The SMILES string of the molecule is Cc1nc(Oc2ccccc2)c(NCC(C)C)c(N)c1C. The topological polar surface area (TPSA) is 60.2 Å². The number of nitrogen functional groups attached to an aromatic ring is 1. The molecule has 0 aliphatic carbocycles. The Morgan fingerprint density at radius 1 is 1.19 bits per heavy atom. The molecule has 1 aromatic heterocycles. The first-order chi connectivity index (χ1) is 9.99. The second kappa shape index (κ2) is 6.48. The summed E-state index contributed by atoms with van der Waals surface area (Å²) in [5.41, 5.74) is 9.59. The van der Waals surface area contributed by atoms with E-state index in [4.69, 9.17) is 10.5 Å². The van der Waals surface area contributed by atoms with Gasteiger partial charge in [0.05, 0.1) is 5.69 Å². The van der Waals surface area contributed by atoms with Crippen molar-refractivity contribution in [1.82, 2.24) is 4.98 Å². The zero-order chi connectivity index (χ0) is 15.4. The predicted octanol–water partition coefficient (Wildman–Crippen LogP) is 4.14. The van der Waals surface area contributed by atoms with Crippen LogP contribution in [0.15, 0.2) is 30.3 Å². The molecule has 112 valence electrons. The number of pyridine rings is 1. The fourth-order valence-corrected chi connectivity index (χ4v) is 1.94. The molecule has 0 unspecified atom stereocenters. The molecule has 0 spiro atoms. The molecular formula is C17H23N3O. The Morgan fingerprint density at radius 2 is 1.86 bits per heavy atom. The Morgan fingerprint density at radius 3 is 2.48 bits per heavy atom. The van der Waals surface area contributed by atoms with Crippen LogP contribution in [0, 0.1) is 19.8 Å². The third-order valence-corrected chi connectivity index (χ3v) is 3.34. The van der Waals surface area contributed by atoms with Crippen molar-refractivity contribution in [3.05, 3.63) is 41.6 Å². The smallest absolute Gasteiger partial charge is 0.245 e. The molecule has 2 aromatic rings. The maximum Gasteiger partial charge on any atom is 0.245 e. The zero-order valence-electron chi connectivity index (χ0n) is 13.1. The van der Waals surface area contributed by atoms with Crippen molar-refractivity contribution in [1.29, 1.82) is 0 Å². The van der Waals surface area contributed by atoms with Crippen molar-refractivity contribution in [2.45, 2.75) is 27.7 Å². The zero-order valence-corrected chi connectivity index (χ0v) is 13.1. The first-order valence-electron chi connectivity index (χ1n) is 7.22. The Kier molecular flexibility index (Phi) is 4.68. The van der Waals surface area contributed by atoms with E-state index in [1.165, 1.54) is 0 Å². The summed E-state index contributed by atoms with van der Waals surface area (Å²) in [6, 6.07) is 9.62. The van der Waals surface area contributed by atoms with Gasteiger partial charge in [-0.05, 0) is 37.5 Å². The fourth-order valence-electron chi connectivity index (χ4n) is 1.94. The van der Waals surface area contributed by atoms with Crippen molar-refractivity contribution >= 4 is 11.4 Å². The Balaban J connectivity index is 2.38. The van der Waals surface area contributed by atoms with Gasteiger partial charge in [0.25, 0.3) is 0 Å². The van der Waals surface area contributed by atoms with Gasteiger partial charge >= 0.3 is 0 Å². The van der Waals surface area contributed by atoms with E-state index < -0.39 is 0 Å². The van der Waals surface area contributed by atoms with Crippen molar-refractivity contribution in [3.8, 4) is 11.6 Å². The summed E-state index contributed by atoms with van der Waals surface area (Å²) in [6.45, 7) is 9.03. The summed E-state index contributed by atoms with van der Waals surface area (Å²) in [7, 11) is 0. The van der Waals surface area contributed by atoms with Gasteiger partial charge in [0.15, 0.2) is 0 Å². The van der Waals surface area contributed by atoms with Crippen LogP contribution >= 0.6 is 0 Å². The summed E-state index contributed by atoms with van der Waals surface area (Å²) in [5.74, 6) is 1.79. The molecule has 2 rings (SSSR count). The lowest BCUT2D eigenvalue weighted by atomic mass is 10.1. The van der Waals surface area contributed by atoms with E-state index in [0.29, 0.717) is 17.5 Å². The number of benzene rings is 1. The lowest BCUT2D eigenvalue weighted by Gasteiger charge is -2.18. The Hall–Kier alpha value is -2.23. The molecule has 0 radical (unpaired) electrons. The van der Waals surface area contributed by atoms with E-state index in [1.807, 2.05) is 44.2 Å². The maximum atomic E-state index is 6.24. The molecule has 0 aliphatic heterocycles. The van der Waals surface area contributed by atoms with Crippen LogP contribution in [0.25, 0.3) is 0 Å². The molecule has 0 aliphatic rings. The summed E-state index contributed by atoms with van der Waals surface area (Å²) in [6.07, 6.45) is 0. The lowest BCUT2D eigenvalue weighted by Crippen LogP contribution is -2.12. The molecule has 3 N–H and O–H groups in total. The highest BCUT2D eigenvalue weighted by Gasteiger charge is 2.15. The number of rotatable bonds is 5. The third-order valence-electron chi connectivity index (χ3n) is 3.34. The van der Waals surface area contributed by atoms with Crippen LogP contribution in [0.2, 0.25) is 0 Å². The first-order valence-corrected chi connectivity index (χ1v) is 7.22. The minimum Gasteiger partial charge on any atom is -0.437 e. The highest BCUT2D eigenvalue weighted by Crippen LogP contribution is 2.35. The van der Waals surface area contributed by atoms with Crippen LogP contribution in [0.5, 0.6) is 11.6 Å². The van der Waals surface area contributed by atoms with E-state index in [2.05, 4.69) is 24.1 Å². The molecule has 4 heteroatoms. The van der Waals surface area contributed by atoms with Gasteiger partial charge in [-0.2, -0.15) is 0 Å². The molecule has 0 bridgehead atoms. The monoisotopic (exact) mass is 285 g/mol. The first kappa shape index (κ1) is 15.2. The van der Waals surface area contributed by atoms with Gasteiger partial charge in [-0.1, -0.05) is 32.0 Å². The van der Waals surface area contributed by atoms with Gasteiger partial charge in [0.2, 0.25) is 5.88 Å². The molecule has 0 atom stereocenters. The Bertz CT molecular complexity index is 609. The van der Waals surface area contributed by atoms with Crippen LogP contribution in [-0.2, 0) is 0 Å². The molecule has 4 nitrogen and oxygen atoms in total. The minimum atomic E-state index is 0.510. The second-order valence-corrected chi connectivity index (χ2v) is 5.61. The van der Waals surface area contributed by atoms with Gasteiger partial charge < -0.3 is 15.8 Å². The lowest BCUT2D eigenvalue weighted by molar-refractivity contribution is 0.463. The highest BCUT2D eigenvalue weighted by molar-refractivity contribution is 5.75. The number of hydrogen-bond donors (Lipinski definition) is 2. The van der Waals surface area contributed by atoms with Gasteiger partial charge in [0.1, 0.15) is 11.4 Å². The van der Waals surface area contributed by atoms with Crippen molar-refractivity contribution < 1.29 is 4.74 Å². The van der Waals surface area contributed by atoms with Gasteiger partial charge in [-0.15, -0.1) is 0 Å². The summed E-state index contributed by atoms with van der Waals surface area (Å²) in [4.78, 5) is 4.54.